The van der Waals surface area contributed by atoms with Crippen molar-refractivity contribution in [2.24, 2.45) is 5.92 Å². The third-order valence-electron chi connectivity index (χ3n) is 3.06. The first-order valence-electron chi connectivity index (χ1n) is 6.74. The van der Waals surface area contributed by atoms with E-state index in [1.54, 1.807) is 10.4 Å². The van der Waals surface area contributed by atoms with E-state index in [0.717, 1.165) is 18.4 Å². The van der Waals surface area contributed by atoms with Gasteiger partial charge in [-0.1, -0.05) is 44.2 Å². The van der Waals surface area contributed by atoms with E-state index in [9.17, 15) is 8.42 Å². The highest BCUT2D eigenvalue weighted by Gasteiger charge is 2.36. The summed E-state index contributed by atoms with van der Waals surface area (Å²) < 4.78 is 26.4. The van der Waals surface area contributed by atoms with E-state index in [1.165, 1.54) is 5.41 Å². The maximum Gasteiger partial charge on any atom is 0.236 e. The molecule has 0 saturated heterocycles. The van der Waals surface area contributed by atoms with Gasteiger partial charge in [-0.2, -0.15) is 4.31 Å². The average Bonchev–Trinajstić information content (AvgIpc) is 3.19. The molecule has 1 aromatic rings. The lowest BCUT2D eigenvalue weighted by Gasteiger charge is -2.21. The van der Waals surface area contributed by atoms with Crippen LogP contribution in [0.15, 0.2) is 35.7 Å². The van der Waals surface area contributed by atoms with Gasteiger partial charge >= 0.3 is 0 Å². The molecule has 0 aliphatic heterocycles. The van der Waals surface area contributed by atoms with Crippen LogP contribution >= 0.6 is 0 Å². The summed E-state index contributed by atoms with van der Waals surface area (Å²) in [6, 6.07) is 9.73. The number of hydrogen-bond donors (Lipinski definition) is 0. The number of rotatable bonds is 6. The zero-order chi connectivity index (χ0) is 13.9. The van der Waals surface area contributed by atoms with Crippen molar-refractivity contribution in [3.8, 4) is 0 Å². The van der Waals surface area contributed by atoms with Gasteiger partial charge in [-0.05, 0) is 30.4 Å². The Labute approximate surface area is 116 Å². The van der Waals surface area contributed by atoms with Crippen LogP contribution in [0.4, 0.5) is 0 Å². The predicted molar refractivity (Wildman–Crippen MR) is 79.0 cm³/mol. The minimum absolute atomic E-state index is 0.216. The molecule has 1 aliphatic carbocycles. The van der Waals surface area contributed by atoms with Crippen molar-refractivity contribution >= 4 is 16.1 Å². The Morgan fingerprint density at radius 3 is 2.42 bits per heavy atom. The lowest BCUT2D eigenvalue weighted by Crippen LogP contribution is -2.34. The third kappa shape index (κ3) is 4.18. The van der Waals surface area contributed by atoms with Gasteiger partial charge in [-0.25, -0.2) is 8.42 Å². The lowest BCUT2D eigenvalue weighted by molar-refractivity contribution is 0.364. The van der Waals surface area contributed by atoms with Crippen molar-refractivity contribution in [3.63, 3.8) is 0 Å². The van der Waals surface area contributed by atoms with Gasteiger partial charge in [0.25, 0.3) is 0 Å². The van der Waals surface area contributed by atoms with Crippen LogP contribution in [-0.2, 0) is 10.0 Å². The van der Waals surface area contributed by atoms with Gasteiger partial charge in [0.05, 0.1) is 0 Å². The van der Waals surface area contributed by atoms with Gasteiger partial charge in [-0.15, -0.1) is 0 Å². The molecule has 0 radical (unpaired) electrons. The molecule has 19 heavy (non-hydrogen) atoms. The van der Waals surface area contributed by atoms with Crippen molar-refractivity contribution < 1.29 is 8.42 Å². The molecule has 0 heterocycles. The molecule has 0 aromatic heterocycles. The fourth-order valence-electron chi connectivity index (χ4n) is 1.99. The van der Waals surface area contributed by atoms with E-state index >= 15 is 0 Å². The molecule has 0 N–H and O–H groups in total. The largest absolute Gasteiger partial charge is 0.236 e. The van der Waals surface area contributed by atoms with Crippen molar-refractivity contribution in [1.29, 1.82) is 0 Å². The van der Waals surface area contributed by atoms with Crippen LogP contribution in [0.1, 0.15) is 32.3 Å². The molecule has 3 nitrogen and oxygen atoms in total. The van der Waals surface area contributed by atoms with E-state index in [2.05, 4.69) is 0 Å². The minimum Gasteiger partial charge on any atom is -0.207 e. The average molecular weight is 279 g/mol. The molecule has 0 amide bonds. The zero-order valence-electron chi connectivity index (χ0n) is 11.5. The van der Waals surface area contributed by atoms with Crippen LogP contribution in [0.3, 0.4) is 0 Å². The van der Waals surface area contributed by atoms with E-state index in [-0.39, 0.29) is 6.04 Å². The molecule has 1 saturated carbocycles. The monoisotopic (exact) mass is 279 g/mol. The summed E-state index contributed by atoms with van der Waals surface area (Å²) in [5.74, 6) is 0.348. The minimum atomic E-state index is -3.30. The van der Waals surface area contributed by atoms with Gasteiger partial charge in [0.1, 0.15) is 0 Å². The molecule has 1 fully saturated rings. The molecule has 2 rings (SSSR count). The highest BCUT2D eigenvalue weighted by molar-refractivity contribution is 7.92. The first-order chi connectivity index (χ1) is 8.99. The SMILES string of the molecule is CC(C)CN(C1CC1)S(=O)(=O)/C=C/c1ccccc1. The Balaban J connectivity index is 2.14. The van der Waals surface area contributed by atoms with Gasteiger partial charge in [0.2, 0.25) is 10.0 Å². The van der Waals surface area contributed by atoms with E-state index in [1.807, 2.05) is 44.2 Å². The summed E-state index contributed by atoms with van der Waals surface area (Å²) in [7, 11) is -3.30. The Morgan fingerprint density at radius 1 is 1.26 bits per heavy atom. The molecule has 0 bridgehead atoms. The quantitative estimate of drug-likeness (QED) is 0.802. The highest BCUT2D eigenvalue weighted by atomic mass is 32.2. The third-order valence-corrected chi connectivity index (χ3v) is 4.64. The molecule has 104 valence electrons. The molecule has 0 atom stereocenters. The zero-order valence-corrected chi connectivity index (χ0v) is 12.3. The predicted octanol–water partition coefficient (Wildman–Crippen LogP) is 3.11. The molecule has 1 aromatic carbocycles. The van der Waals surface area contributed by atoms with E-state index in [4.69, 9.17) is 0 Å². The summed E-state index contributed by atoms with van der Waals surface area (Å²) in [4.78, 5) is 0. The first kappa shape index (κ1) is 14.3. The van der Waals surface area contributed by atoms with Crippen LogP contribution in [0.2, 0.25) is 0 Å². The topological polar surface area (TPSA) is 37.4 Å². The second-order valence-electron chi connectivity index (χ2n) is 5.45. The Kier molecular flexibility index (Phi) is 4.42. The number of nitrogens with zero attached hydrogens (tertiary/aromatic N) is 1. The molecule has 0 unspecified atom stereocenters. The Hall–Kier alpha value is -1.13. The van der Waals surface area contributed by atoms with Gasteiger partial charge in [-0.3, -0.25) is 0 Å². The van der Waals surface area contributed by atoms with Crippen LogP contribution in [0.25, 0.3) is 6.08 Å². The van der Waals surface area contributed by atoms with Crippen molar-refractivity contribution in [1.82, 2.24) is 4.31 Å². The standard InChI is InChI=1S/C15H21NO2S/c1-13(2)12-16(15-8-9-15)19(17,18)11-10-14-6-4-3-5-7-14/h3-7,10-11,13,15H,8-9,12H2,1-2H3/b11-10+. The van der Waals surface area contributed by atoms with Crippen molar-refractivity contribution in [2.75, 3.05) is 6.54 Å². The fourth-order valence-corrected chi connectivity index (χ4v) is 3.61. The molecule has 0 spiro atoms. The van der Waals surface area contributed by atoms with E-state index < -0.39 is 10.0 Å². The van der Waals surface area contributed by atoms with Crippen LogP contribution in [0.5, 0.6) is 0 Å². The molecule has 4 heteroatoms. The highest BCUT2D eigenvalue weighted by Crippen LogP contribution is 2.30. The summed E-state index contributed by atoms with van der Waals surface area (Å²) in [5, 5.41) is 1.34. The second kappa shape index (κ2) is 5.88. The normalized spacial score (nSPS) is 16.6. The number of sulfonamides is 1. The molecule has 1 aliphatic rings. The number of hydrogen-bond acceptors (Lipinski definition) is 2. The number of benzene rings is 1. The fraction of sp³-hybridized carbons (Fsp3) is 0.467. The first-order valence-corrected chi connectivity index (χ1v) is 8.24. The Morgan fingerprint density at radius 2 is 1.89 bits per heavy atom. The summed E-state index contributed by atoms with van der Waals surface area (Å²) >= 11 is 0. The Bertz CT molecular complexity index is 531. The van der Waals surface area contributed by atoms with Gasteiger partial charge in [0.15, 0.2) is 0 Å². The van der Waals surface area contributed by atoms with Crippen molar-refractivity contribution in [2.45, 2.75) is 32.7 Å². The molecular formula is C15H21NO2S. The van der Waals surface area contributed by atoms with E-state index in [0.29, 0.717) is 12.5 Å². The van der Waals surface area contributed by atoms with Crippen LogP contribution in [0, 0.1) is 5.92 Å². The maximum absolute atomic E-state index is 12.4. The second-order valence-corrected chi connectivity index (χ2v) is 7.22. The maximum atomic E-state index is 12.4. The smallest absolute Gasteiger partial charge is 0.207 e. The van der Waals surface area contributed by atoms with Gasteiger partial charge in [0, 0.05) is 18.0 Å². The summed E-state index contributed by atoms with van der Waals surface area (Å²) in [6.07, 6.45) is 3.65. The lowest BCUT2D eigenvalue weighted by atomic mass is 10.2. The van der Waals surface area contributed by atoms with Crippen LogP contribution < -0.4 is 0 Å². The van der Waals surface area contributed by atoms with Crippen molar-refractivity contribution in [3.05, 3.63) is 41.3 Å². The summed E-state index contributed by atoms with van der Waals surface area (Å²) in [5.41, 5.74) is 0.909. The molecular weight excluding hydrogens is 258 g/mol. The van der Waals surface area contributed by atoms with Crippen LogP contribution in [-0.4, -0.2) is 25.3 Å². The summed E-state index contributed by atoms with van der Waals surface area (Å²) in [6.45, 7) is 4.70. The van der Waals surface area contributed by atoms with Gasteiger partial charge < -0.3 is 0 Å².